The van der Waals surface area contributed by atoms with Crippen molar-refractivity contribution >= 4 is 5.82 Å². The molecule has 0 bridgehead atoms. The first-order chi connectivity index (χ1) is 9.28. The molecule has 2 N–H and O–H groups in total. The summed E-state index contributed by atoms with van der Waals surface area (Å²) in [6.07, 6.45) is 3.51. The van der Waals surface area contributed by atoms with E-state index in [1.165, 1.54) is 6.42 Å². The van der Waals surface area contributed by atoms with Crippen molar-refractivity contribution in [1.29, 1.82) is 0 Å². The quantitative estimate of drug-likeness (QED) is 0.842. The Bertz CT molecular complexity index is 395. The van der Waals surface area contributed by atoms with Gasteiger partial charge in [0.2, 0.25) is 5.88 Å². The second-order valence-electron chi connectivity index (χ2n) is 4.48. The lowest BCUT2D eigenvalue weighted by Crippen LogP contribution is -2.26. The molecule has 2 heterocycles. The number of nitrogens with two attached hydrogens (primary N) is 1. The van der Waals surface area contributed by atoms with Gasteiger partial charge in [-0.05, 0) is 26.2 Å². The molecule has 1 aliphatic heterocycles. The largest absolute Gasteiger partial charge is 0.475 e. The van der Waals surface area contributed by atoms with Crippen LogP contribution in [0.2, 0.25) is 0 Å². The summed E-state index contributed by atoms with van der Waals surface area (Å²) < 4.78 is 16.5. The van der Waals surface area contributed by atoms with E-state index in [9.17, 15) is 0 Å². The van der Waals surface area contributed by atoms with Crippen LogP contribution in [-0.4, -0.2) is 35.9 Å². The second kappa shape index (κ2) is 7.25. The van der Waals surface area contributed by atoms with Crippen LogP contribution in [0.15, 0.2) is 6.07 Å². The molecular weight excluding hydrogens is 246 g/mol. The van der Waals surface area contributed by atoms with Gasteiger partial charge in [-0.2, -0.15) is 4.98 Å². The number of aromatic nitrogens is 2. The molecule has 0 aliphatic carbocycles. The number of hydrogen-bond acceptors (Lipinski definition) is 6. The molecule has 106 valence electrons. The molecule has 1 fully saturated rings. The molecule has 1 atom stereocenters. The van der Waals surface area contributed by atoms with Crippen LogP contribution >= 0.6 is 0 Å². The van der Waals surface area contributed by atoms with Crippen LogP contribution in [0, 0.1) is 0 Å². The van der Waals surface area contributed by atoms with Gasteiger partial charge in [0.1, 0.15) is 19.0 Å². The fourth-order valence-corrected chi connectivity index (χ4v) is 1.94. The van der Waals surface area contributed by atoms with Crippen molar-refractivity contribution in [1.82, 2.24) is 9.97 Å². The molecule has 2 rings (SSSR count). The van der Waals surface area contributed by atoms with E-state index in [0.717, 1.165) is 19.4 Å². The number of hydrogen-bond donors (Lipinski definition) is 1. The van der Waals surface area contributed by atoms with Gasteiger partial charge in [0, 0.05) is 19.3 Å². The molecule has 1 saturated heterocycles. The summed E-state index contributed by atoms with van der Waals surface area (Å²) in [5.74, 6) is 1.42. The lowest BCUT2D eigenvalue weighted by Gasteiger charge is -2.22. The molecular formula is C13H21N3O3. The maximum absolute atomic E-state index is 5.72. The number of nitrogen functional groups attached to an aromatic ring is 1. The molecule has 6 nitrogen and oxygen atoms in total. The van der Waals surface area contributed by atoms with Gasteiger partial charge in [-0.1, -0.05) is 0 Å². The van der Waals surface area contributed by atoms with E-state index in [-0.39, 0.29) is 6.10 Å². The highest BCUT2D eigenvalue weighted by Gasteiger charge is 2.15. The number of ether oxygens (including phenoxy) is 3. The Morgan fingerprint density at radius 2 is 2.32 bits per heavy atom. The van der Waals surface area contributed by atoms with E-state index in [2.05, 4.69) is 9.97 Å². The van der Waals surface area contributed by atoms with Gasteiger partial charge in [0.25, 0.3) is 0 Å². The summed E-state index contributed by atoms with van der Waals surface area (Å²) in [5, 5.41) is 0. The molecule has 1 unspecified atom stereocenters. The van der Waals surface area contributed by atoms with E-state index in [0.29, 0.717) is 37.3 Å². The van der Waals surface area contributed by atoms with Gasteiger partial charge in [-0.3, -0.25) is 0 Å². The van der Waals surface area contributed by atoms with Crippen molar-refractivity contribution in [3.63, 3.8) is 0 Å². The average molecular weight is 267 g/mol. The van der Waals surface area contributed by atoms with Gasteiger partial charge in [0.15, 0.2) is 5.82 Å². The Balaban J connectivity index is 1.89. The van der Waals surface area contributed by atoms with Crippen molar-refractivity contribution in [2.24, 2.45) is 0 Å². The highest BCUT2D eigenvalue weighted by atomic mass is 16.5. The summed E-state index contributed by atoms with van der Waals surface area (Å²) in [7, 11) is 0. The summed E-state index contributed by atoms with van der Waals surface area (Å²) >= 11 is 0. The molecule has 6 heteroatoms. The van der Waals surface area contributed by atoms with Gasteiger partial charge >= 0.3 is 0 Å². The Kier molecular flexibility index (Phi) is 5.35. The third-order valence-corrected chi connectivity index (χ3v) is 2.90. The fourth-order valence-electron chi connectivity index (χ4n) is 1.94. The topological polar surface area (TPSA) is 79.5 Å². The molecule has 0 amide bonds. The normalized spacial score (nSPS) is 19.3. The van der Waals surface area contributed by atoms with Crippen LogP contribution in [-0.2, 0) is 16.1 Å². The average Bonchev–Trinajstić information content (AvgIpc) is 2.43. The van der Waals surface area contributed by atoms with E-state index < -0.39 is 0 Å². The van der Waals surface area contributed by atoms with E-state index >= 15 is 0 Å². The van der Waals surface area contributed by atoms with Crippen molar-refractivity contribution in [2.75, 3.05) is 25.6 Å². The Morgan fingerprint density at radius 3 is 3.05 bits per heavy atom. The Hall–Kier alpha value is -1.40. The second-order valence-corrected chi connectivity index (χ2v) is 4.48. The van der Waals surface area contributed by atoms with Crippen LogP contribution < -0.4 is 10.5 Å². The highest BCUT2D eigenvalue weighted by molar-refractivity contribution is 5.32. The minimum Gasteiger partial charge on any atom is -0.475 e. The smallest absolute Gasteiger partial charge is 0.218 e. The van der Waals surface area contributed by atoms with Crippen molar-refractivity contribution < 1.29 is 14.2 Å². The summed E-state index contributed by atoms with van der Waals surface area (Å²) in [6.45, 7) is 4.20. The summed E-state index contributed by atoms with van der Waals surface area (Å²) in [6, 6.07) is 1.62. The van der Waals surface area contributed by atoms with Crippen LogP contribution in [0.4, 0.5) is 5.82 Å². The number of anilines is 1. The fraction of sp³-hybridized carbons (Fsp3) is 0.692. The maximum atomic E-state index is 5.72. The van der Waals surface area contributed by atoms with Crippen LogP contribution in [0.25, 0.3) is 0 Å². The molecule has 1 aromatic heterocycles. The zero-order valence-corrected chi connectivity index (χ0v) is 11.3. The molecule has 1 aliphatic rings. The van der Waals surface area contributed by atoms with Gasteiger partial charge in [0.05, 0.1) is 6.10 Å². The van der Waals surface area contributed by atoms with Crippen LogP contribution in [0.5, 0.6) is 5.88 Å². The standard InChI is InChI=1S/C13H21N3O3/c1-2-17-9-12-15-11(14)7-13(16-12)19-8-10-5-3-4-6-18-10/h7,10H,2-6,8-9H2,1H3,(H2,14,15,16). The number of rotatable bonds is 6. The first kappa shape index (κ1) is 14.0. The molecule has 0 spiro atoms. The number of nitrogens with zero attached hydrogens (tertiary/aromatic N) is 2. The molecule has 0 aromatic carbocycles. The van der Waals surface area contributed by atoms with E-state index in [1.54, 1.807) is 6.07 Å². The molecule has 0 radical (unpaired) electrons. The summed E-state index contributed by atoms with van der Waals surface area (Å²) in [5.41, 5.74) is 5.72. The lowest BCUT2D eigenvalue weighted by atomic mass is 10.1. The van der Waals surface area contributed by atoms with E-state index in [1.807, 2.05) is 6.92 Å². The molecule has 0 saturated carbocycles. The summed E-state index contributed by atoms with van der Waals surface area (Å²) in [4.78, 5) is 8.36. The predicted molar refractivity (Wildman–Crippen MR) is 70.9 cm³/mol. The first-order valence-corrected chi connectivity index (χ1v) is 6.73. The zero-order chi connectivity index (χ0) is 13.5. The van der Waals surface area contributed by atoms with Crippen molar-refractivity contribution in [2.45, 2.75) is 38.9 Å². The third-order valence-electron chi connectivity index (χ3n) is 2.90. The SMILES string of the molecule is CCOCc1nc(N)cc(OCC2CCCCO2)n1. The predicted octanol–water partition coefficient (Wildman–Crippen LogP) is 1.54. The zero-order valence-electron chi connectivity index (χ0n) is 11.3. The highest BCUT2D eigenvalue weighted by Crippen LogP contribution is 2.16. The van der Waals surface area contributed by atoms with Crippen molar-refractivity contribution in [3.8, 4) is 5.88 Å². The van der Waals surface area contributed by atoms with Gasteiger partial charge < -0.3 is 19.9 Å². The lowest BCUT2D eigenvalue weighted by molar-refractivity contribution is -0.0120. The van der Waals surface area contributed by atoms with Gasteiger partial charge in [-0.15, -0.1) is 0 Å². The third kappa shape index (κ3) is 4.65. The maximum Gasteiger partial charge on any atom is 0.218 e. The molecule has 19 heavy (non-hydrogen) atoms. The molecule has 1 aromatic rings. The van der Waals surface area contributed by atoms with E-state index in [4.69, 9.17) is 19.9 Å². The minimum absolute atomic E-state index is 0.153. The minimum atomic E-state index is 0.153. The van der Waals surface area contributed by atoms with Crippen molar-refractivity contribution in [3.05, 3.63) is 11.9 Å². The Morgan fingerprint density at radius 1 is 1.42 bits per heavy atom. The van der Waals surface area contributed by atoms with Crippen LogP contribution in [0.1, 0.15) is 32.0 Å². The van der Waals surface area contributed by atoms with Crippen LogP contribution in [0.3, 0.4) is 0 Å². The first-order valence-electron chi connectivity index (χ1n) is 6.73. The Labute approximate surface area is 113 Å². The van der Waals surface area contributed by atoms with Gasteiger partial charge in [-0.25, -0.2) is 4.98 Å². The monoisotopic (exact) mass is 267 g/mol.